The van der Waals surface area contributed by atoms with Crippen molar-refractivity contribution in [1.29, 1.82) is 0 Å². The summed E-state index contributed by atoms with van der Waals surface area (Å²) in [6, 6.07) is 2.87. The Hall–Kier alpha value is -1.87. The van der Waals surface area contributed by atoms with Gasteiger partial charge in [0.25, 0.3) is 5.69 Å². The van der Waals surface area contributed by atoms with Crippen molar-refractivity contribution in [2.24, 2.45) is 0 Å². The fourth-order valence-corrected chi connectivity index (χ4v) is 1.69. The third kappa shape index (κ3) is 3.80. The Labute approximate surface area is 119 Å². The van der Waals surface area contributed by atoms with E-state index < -0.39 is 10.9 Å². The van der Waals surface area contributed by atoms with Crippen molar-refractivity contribution in [3.8, 4) is 11.8 Å². The molecular formula is C13H12BrNO4. The monoisotopic (exact) mass is 325 g/mol. The highest BCUT2D eigenvalue weighted by Gasteiger charge is 2.20. The average Bonchev–Trinajstić information content (AvgIpc) is 2.39. The van der Waals surface area contributed by atoms with E-state index in [1.807, 2.05) is 0 Å². The number of halogens is 1. The molecule has 1 rings (SSSR count). The molecule has 1 aromatic carbocycles. The molecule has 0 aliphatic rings. The molecule has 0 aliphatic heterocycles. The standard InChI is InChI=1S/C13H12BrNO4/c1-9-11(13(16)19-2)7-10(5-3-4-6-14)8-12(9)15(17)18/h7-8H,4,6H2,1-2H3. The van der Waals surface area contributed by atoms with E-state index in [2.05, 4.69) is 32.5 Å². The van der Waals surface area contributed by atoms with Gasteiger partial charge in [0.1, 0.15) is 0 Å². The zero-order chi connectivity index (χ0) is 14.4. The topological polar surface area (TPSA) is 69.4 Å². The highest BCUT2D eigenvalue weighted by molar-refractivity contribution is 9.09. The Bertz CT molecular complexity index is 572. The van der Waals surface area contributed by atoms with Crippen molar-refractivity contribution >= 4 is 27.6 Å². The Kier molecular flexibility index (Phi) is 5.52. The minimum Gasteiger partial charge on any atom is -0.465 e. The van der Waals surface area contributed by atoms with E-state index in [1.165, 1.54) is 26.2 Å². The number of alkyl halides is 1. The van der Waals surface area contributed by atoms with Crippen LogP contribution in [0.5, 0.6) is 0 Å². The smallest absolute Gasteiger partial charge is 0.338 e. The second kappa shape index (κ2) is 6.90. The zero-order valence-corrected chi connectivity index (χ0v) is 12.1. The third-order valence-corrected chi connectivity index (χ3v) is 2.83. The number of ether oxygens (including phenoxy) is 1. The molecule has 0 radical (unpaired) electrons. The minimum atomic E-state index is -0.607. The molecule has 100 valence electrons. The Balaban J connectivity index is 3.36. The van der Waals surface area contributed by atoms with Gasteiger partial charge in [-0.1, -0.05) is 27.8 Å². The number of hydrogen-bond donors (Lipinski definition) is 0. The van der Waals surface area contributed by atoms with Crippen molar-refractivity contribution in [3.63, 3.8) is 0 Å². The van der Waals surface area contributed by atoms with Crippen LogP contribution in [0.3, 0.4) is 0 Å². The molecule has 6 heteroatoms. The summed E-state index contributed by atoms with van der Waals surface area (Å²) in [7, 11) is 1.23. The molecule has 0 N–H and O–H groups in total. The number of carbonyl (C=O) groups excluding carboxylic acids is 1. The van der Waals surface area contributed by atoms with Gasteiger partial charge in [-0.2, -0.15) is 0 Å². The number of nitro groups is 1. The lowest BCUT2D eigenvalue weighted by Gasteiger charge is -2.05. The molecule has 0 heterocycles. The SMILES string of the molecule is COC(=O)c1cc(C#CCCBr)cc([N+](=O)[O-])c1C. The van der Waals surface area contributed by atoms with Gasteiger partial charge < -0.3 is 4.74 Å². The molecule has 0 unspecified atom stereocenters. The highest BCUT2D eigenvalue weighted by Crippen LogP contribution is 2.24. The normalized spacial score (nSPS) is 9.42. The first-order chi connectivity index (χ1) is 9.01. The van der Waals surface area contributed by atoms with Gasteiger partial charge in [-0.05, 0) is 13.0 Å². The van der Waals surface area contributed by atoms with Crippen LogP contribution in [0.4, 0.5) is 5.69 Å². The lowest BCUT2D eigenvalue weighted by atomic mass is 10.0. The van der Waals surface area contributed by atoms with Crippen molar-refractivity contribution < 1.29 is 14.5 Å². The van der Waals surface area contributed by atoms with Gasteiger partial charge in [0.05, 0.1) is 17.6 Å². The first kappa shape index (κ1) is 15.2. The molecule has 1 aromatic rings. The molecule has 0 amide bonds. The first-order valence-corrected chi connectivity index (χ1v) is 6.55. The molecule has 0 fully saturated rings. The average molecular weight is 326 g/mol. The van der Waals surface area contributed by atoms with Crippen molar-refractivity contribution in [3.05, 3.63) is 38.9 Å². The van der Waals surface area contributed by atoms with Crippen LogP contribution in [0.15, 0.2) is 12.1 Å². The Morgan fingerprint density at radius 1 is 1.53 bits per heavy atom. The minimum absolute atomic E-state index is 0.133. The maximum absolute atomic E-state index is 11.6. The predicted molar refractivity (Wildman–Crippen MR) is 74.5 cm³/mol. The predicted octanol–water partition coefficient (Wildman–Crippen LogP) is 2.83. The van der Waals surface area contributed by atoms with Crippen molar-refractivity contribution in [2.45, 2.75) is 13.3 Å². The number of methoxy groups -OCH3 is 1. The van der Waals surface area contributed by atoms with Gasteiger partial charge in [0, 0.05) is 28.9 Å². The number of nitrogens with zero attached hydrogens (tertiary/aromatic N) is 1. The van der Waals surface area contributed by atoms with Crippen LogP contribution in [-0.4, -0.2) is 23.3 Å². The maximum Gasteiger partial charge on any atom is 0.338 e. The largest absolute Gasteiger partial charge is 0.465 e. The highest BCUT2D eigenvalue weighted by atomic mass is 79.9. The molecule has 0 bridgehead atoms. The second-order valence-corrected chi connectivity index (χ2v) is 4.45. The van der Waals surface area contributed by atoms with Gasteiger partial charge in [-0.25, -0.2) is 4.79 Å². The summed E-state index contributed by atoms with van der Waals surface area (Å²) >= 11 is 3.24. The van der Waals surface area contributed by atoms with E-state index in [9.17, 15) is 14.9 Å². The lowest BCUT2D eigenvalue weighted by molar-refractivity contribution is -0.385. The van der Waals surface area contributed by atoms with Crippen LogP contribution in [0.25, 0.3) is 0 Å². The van der Waals surface area contributed by atoms with Crippen LogP contribution < -0.4 is 0 Å². The lowest BCUT2D eigenvalue weighted by Crippen LogP contribution is -2.06. The number of nitro benzene ring substituents is 1. The summed E-state index contributed by atoms with van der Waals surface area (Å²) in [5, 5.41) is 11.7. The molecule has 0 saturated carbocycles. The van der Waals surface area contributed by atoms with Gasteiger partial charge in [0.15, 0.2) is 0 Å². The molecule has 0 saturated heterocycles. The summed E-state index contributed by atoms with van der Waals surface area (Å²) in [5.74, 6) is 5.04. The van der Waals surface area contributed by atoms with Crippen molar-refractivity contribution in [2.75, 3.05) is 12.4 Å². The zero-order valence-electron chi connectivity index (χ0n) is 10.5. The molecule has 5 nitrogen and oxygen atoms in total. The van der Waals surface area contributed by atoms with Crippen LogP contribution in [-0.2, 0) is 4.74 Å². The van der Waals surface area contributed by atoms with E-state index in [4.69, 9.17) is 0 Å². The van der Waals surface area contributed by atoms with Crippen LogP contribution in [0.1, 0.15) is 27.9 Å². The van der Waals surface area contributed by atoms with Gasteiger partial charge in [-0.15, -0.1) is 0 Å². The summed E-state index contributed by atoms with van der Waals surface area (Å²) in [4.78, 5) is 22.0. The molecule has 0 aromatic heterocycles. The summed E-state index contributed by atoms with van der Waals surface area (Å²) in [5.41, 5.74) is 0.743. The van der Waals surface area contributed by atoms with Gasteiger partial charge in [0.2, 0.25) is 0 Å². The summed E-state index contributed by atoms with van der Waals surface area (Å²) < 4.78 is 4.62. The number of benzene rings is 1. The van der Waals surface area contributed by atoms with E-state index in [-0.39, 0.29) is 16.8 Å². The fourth-order valence-electron chi connectivity index (χ4n) is 1.49. The van der Waals surface area contributed by atoms with Crippen LogP contribution >= 0.6 is 15.9 Å². The molecular weight excluding hydrogens is 314 g/mol. The third-order valence-electron chi connectivity index (χ3n) is 2.43. The maximum atomic E-state index is 11.6. The molecule has 0 aliphatic carbocycles. The quantitative estimate of drug-likeness (QED) is 0.282. The summed E-state index contributed by atoms with van der Waals surface area (Å²) in [6.07, 6.45) is 0.620. The fraction of sp³-hybridized carbons (Fsp3) is 0.308. The Morgan fingerprint density at radius 2 is 2.21 bits per heavy atom. The molecule has 0 spiro atoms. The number of esters is 1. The second-order valence-electron chi connectivity index (χ2n) is 3.66. The van der Waals surface area contributed by atoms with E-state index in [1.54, 1.807) is 0 Å². The van der Waals surface area contributed by atoms with E-state index in [0.717, 1.165) is 5.33 Å². The molecule has 0 atom stereocenters. The number of hydrogen-bond acceptors (Lipinski definition) is 4. The Morgan fingerprint density at radius 3 is 2.74 bits per heavy atom. The van der Waals surface area contributed by atoms with Crippen LogP contribution in [0.2, 0.25) is 0 Å². The van der Waals surface area contributed by atoms with E-state index >= 15 is 0 Å². The van der Waals surface area contributed by atoms with Crippen LogP contribution in [0, 0.1) is 28.9 Å². The van der Waals surface area contributed by atoms with Gasteiger partial charge >= 0.3 is 5.97 Å². The van der Waals surface area contributed by atoms with Gasteiger partial charge in [-0.3, -0.25) is 10.1 Å². The first-order valence-electron chi connectivity index (χ1n) is 5.43. The summed E-state index contributed by atoms with van der Waals surface area (Å²) in [6.45, 7) is 1.51. The number of carbonyl (C=O) groups is 1. The number of rotatable bonds is 3. The van der Waals surface area contributed by atoms with E-state index in [0.29, 0.717) is 12.0 Å². The van der Waals surface area contributed by atoms with Crippen molar-refractivity contribution in [1.82, 2.24) is 0 Å². The molecule has 19 heavy (non-hydrogen) atoms.